The molecule has 2 unspecified atom stereocenters. The van der Waals surface area contributed by atoms with Crippen molar-refractivity contribution in [3.05, 3.63) is 29.3 Å². The summed E-state index contributed by atoms with van der Waals surface area (Å²) in [5.41, 5.74) is 7.27. The summed E-state index contributed by atoms with van der Waals surface area (Å²) in [5, 5.41) is 0. The van der Waals surface area contributed by atoms with E-state index in [1.165, 1.54) is 0 Å². The first-order valence-electron chi connectivity index (χ1n) is 5.62. The number of benzene rings is 1. The van der Waals surface area contributed by atoms with Crippen LogP contribution in [0.1, 0.15) is 43.5 Å². The van der Waals surface area contributed by atoms with Gasteiger partial charge in [-0.3, -0.25) is 0 Å². The van der Waals surface area contributed by atoms with E-state index in [9.17, 15) is 4.39 Å². The molecule has 0 saturated heterocycles. The summed E-state index contributed by atoms with van der Waals surface area (Å²) < 4.78 is 18.5. The van der Waals surface area contributed by atoms with Crippen LogP contribution in [0.2, 0.25) is 0 Å². The van der Waals surface area contributed by atoms with Crippen LogP contribution in [0.3, 0.4) is 0 Å². The molecule has 0 aliphatic rings. The number of hydrogen-bond acceptors (Lipinski definition) is 2. The van der Waals surface area contributed by atoms with Crippen molar-refractivity contribution in [2.24, 2.45) is 5.73 Å². The minimum absolute atomic E-state index is 0.290. The first-order valence-corrected chi connectivity index (χ1v) is 5.62. The molecule has 3 heteroatoms. The summed E-state index contributed by atoms with van der Waals surface area (Å²) in [6.45, 7) is 4.25. The van der Waals surface area contributed by atoms with Crippen LogP contribution in [0.4, 0.5) is 4.39 Å². The van der Waals surface area contributed by atoms with Crippen molar-refractivity contribution in [2.45, 2.75) is 32.4 Å². The summed E-state index contributed by atoms with van der Waals surface area (Å²) in [6, 6.07) is 5.47. The van der Waals surface area contributed by atoms with Gasteiger partial charge in [0, 0.05) is 0 Å². The highest BCUT2D eigenvalue weighted by Crippen LogP contribution is 2.31. The Bertz CT molecular complexity index is 339. The monoisotopic (exact) mass is 225 g/mol. The highest BCUT2D eigenvalue weighted by Gasteiger charge is 2.13. The smallest absolute Gasteiger partial charge is 0.122 e. The summed E-state index contributed by atoms with van der Waals surface area (Å²) in [5.74, 6) is 1.10. The minimum atomic E-state index is -0.949. The third kappa shape index (κ3) is 2.95. The van der Waals surface area contributed by atoms with Crippen molar-refractivity contribution in [3.8, 4) is 5.75 Å². The highest BCUT2D eigenvalue weighted by molar-refractivity contribution is 5.40. The van der Waals surface area contributed by atoms with E-state index in [4.69, 9.17) is 10.5 Å². The number of alkyl halides is 1. The molecule has 0 aromatic heterocycles. The van der Waals surface area contributed by atoms with E-state index in [1.807, 2.05) is 12.1 Å². The topological polar surface area (TPSA) is 35.2 Å². The molecule has 0 saturated carbocycles. The molecule has 0 spiro atoms. The number of nitrogens with two attached hydrogens (primary N) is 1. The molecule has 1 aromatic rings. The maximum atomic E-state index is 13.2. The molecule has 1 aromatic carbocycles. The molecule has 0 aliphatic heterocycles. The molecule has 0 aliphatic carbocycles. The standard InChI is InChI=1S/C13H20FNO/c1-9(6-7-15)12-8-11(10(2)14)4-5-13(12)16-3/h4-5,8-10H,6-7,15H2,1-3H3. The molecule has 0 bridgehead atoms. The van der Waals surface area contributed by atoms with Crippen molar-refractivity contribution >= 4 is 0 Å². The van der Waals surface area contributed by atoms with E-state index >= 15 is 0 Å². The van der Waals surface area contributed by atoms with Gasteiger partial charge in [0.25, 0.3) is 0 Å². The zero-order valence-corrected chi connectivity index (χ0v) is 10.2. The van der Waals surface area contributed by atoms with Crippen molar-refractivity contribution in [1.82, 2.24) is 0 Å². The maximum absolute atomic E-state index is 13.2. The number of methoxy groups -OCH3 is 1. The van der Waals surface area contributed by atoms with Crippen molar-refractivity contribution in [1.29, 1.82) is 0 Å². The summed E-state index contributed by atoms with van der Waals surface area (Å²) in [6.07, 6.45) is -0.0738. The van der Waals surface area contributed by atoms with Crippen LogP contribution in [0.15, 0.2) is 18.2 Å². The molecule has 2 atom stereocenters. The first-order chi connectivity index (χ1) is 7.60. The fourth-order valence-electron chi connectivity index (χ4n) is 1.79. The van der Waals surface area contributed by atoms with Gasteiger partial charge in [-0.15, -0.1) is 0 Å². The van der Waals surface area contributed by atoms with Crippen LogP contribution < -0.4 is 10.5 Å². The van der Waals surface area contributed by atoms with Crippen molar-refractivity contribution in [2.75, 3.05) is 13.7 Å². The van der Waals surface area contributed by atoms with Gasteiger partial charge < -0.3 is 10.5 Å². The molecular formula is C13H20FNO. The molecule has 0 amide bonds. The number of halogens is 1. The second-order valence-corrected chi connectivity index (χ2v) is 4.10. The fraction of sp³-hybridized carbons (Fsp3) is 0.538. The Morgan fingerprint density at radius 3 is 2.56 bits per heavy atom. The molecule has 0 heterocycles. The zero-order valence-electron chi connectivity index (χ0n) is 10.2. The molecule has 2 nitrogen and oxygen atoms in total. The van der Waals surface area contributed by atoms with Crippen LogP contribution in [0.25, 0.3) is 0 Å². The summed E-state index contributed by atoms with van der Waals surface area (Å²) >= 11 is 0. The lowest BCUT2D eigenvalue weighted by Crippen LogP contribution is -2.06. The second kappa shape index (κ2) is 5.85. The molecule has 90 valence electrons. The Kier molecular flexibility index (Phi) is 4.74. The Balaban J connectivity index is 3.06. The predicted octanol–water partition coefficient (Wildman–Crippen LogP) is 3.18. The van der Waals surface area contributed by atoms with Gasteiger partial charge in [0.15, 0.2) is 0 Å². The Morgan fingerprint density at radius 2 is 2.06 bits per heavy atom. The normalized spacial score (nSPS) is 14.6. The average Bonchev–Trinajstić information content (AvgIpc) is 2.28. The number of hydrogen-bond donors (Lipinski definition) is 1. The molecule has 1 rings (SSSR count). The Hall–Kier alpha value is -1.09. The Labute approximate surface area is 96.6 Å². The Morgan fingerprint density at radius 1 is 1.38 bits per heavy atom. The third-order valence-corrected chi connectivity index (χ3v) is 2.84. The molecular weight excluding hydrogens is 205 g/mol. The van der Waals surface area contributed by atoms with Gasteiger partial charge in [0.2, 0.25) is 0 Å². The fourth-order valence-corrected chi connectivity index (χ4v) is 1.79. The van der Waals surface area contributed by atoms with E-state index in [2.05, 4.69) is 6.92 Å². The zero-order chi connectivity index (χ0) is 12.1. The van der Waals surface area contributed by atoms with Crippen LogP contribution in [-0.4, -0.2) is 13.7 Å². The molecule has 2 N–H and O–H groups in total. The predicted molar refractivity (Wildman–Crippen MR) is 64.6 cm³/mol. The van der Waals surface area contributed by atoms with Crippen LogP contribution >= 0.6 is 0 Å². The van der Waals surface area contributed by atoms with Gasteiger partial charge in [0.1, 0.15) is 11.9 Å². The first kappa shape index (κ1) is 13.0. The lowest BCUT2D eigenvalue weighted by atomic mass is 9.94. The van der Waals surface area contributed by atoms with Gasteiger partial charge >= 0.3 is 0 Å². The number of ether oxygens (including phenoxy) is 1. The highest BCUT2D eigenvalue weighted by atomic mass is 19.1. The van der Waals surface area contributed by atoms with E-state index < -0.39 is 6.17 Å². The van der Waals surface area contributed by atoms with E-state index in [0.29, 0.717) is 18.0 Å². The quantitative estimate of drug-likeness (QED) is 0.835. The van der Waals surface area contributed by atoms with Gasteiger partial charge in [-0.25, -0.2) is 4.39 Å². The number of rotatable bonds is 5. The van der Waals surface area contributed by atoms with E-state index in [1.54, 1.807) is 20.1 Å². The molecule has 16 heavy (non-hydrogen) atoms. The van der Waals surface area contributed by atoms with Crippen LogP contribution in [-0.2, 0) is 0 Å². The molecule has 0 radical (unpaired) electrons. The van der Waals surface area contributed by atoms with E-state index in [-0.39, 0.29) is 0 Å². The average molecular weight is 225 g/mol. The second-order valence-electron chi connectivity index (χ2n) is 4.10. The van der Waals surface area contributed by atoms with Crippen LogP contribution in [0, 0.1) is 0 Å². The maximum Gasteiger partial charge on any atom is 0.122 e. The minimum Gasteiger partial charge on any atom is -0.496 e. The summed E-state index contributed by atoms with van der Waals surface area (Å²) in [7, 11) is 1.63. The van der Waals surface area contributed by atoms with Gasteiger partial charge in [-0.05, 0) is 49.1 Å². The molecule has 0 fully saturated rings. The van der Waals surface area contributed by atoms with Gasteiger partial charge in [0.05, 0.1) is 7.11 Å². The largest absolute Gasteiger partial charge is 0.496 e. The lowest BCUT2D eigenvalue weighted by molar-refractivity contribution is 0.371. The van der Waals surface area contributed by atoms with E-state index in [0.717, 1.165) is 17.7 Å². The van der Waals surface area contributed by atoms with Crippen molar-refractivity contribution in [3.63, 3.8) is 0 Å². The van der Waals surface area contributed by atoms with Crippen molar-refractivity contribution < 1.29 is 9.13 Å². The van der Waals surface area contributed by atoms with Gasteiger partial charge in [-0.2, -0.15) is 0 Å². The van der Waals surface area contributed by atoms with Crippen LogP contribution in [0.5, 0.6) is 5.75 Å². The summed E-state index contributed by atoms with van der Waals surface area (Å²) in [4.78, 5) is 0. The third-order valence-electron chi connectivity index (χ3n) is 2.84. The van der Waals surface area contributed by atoms with Gasteiger partial charge in [-0.1, -0.05) is 13.0 Å². The SMILES string of the molecule is COc1ccc(C(C)F)cc1C(C)CCN. The lowest BCUT2D eigenvalue weighted by Gasteiger charge is -2.16.